The van der Waals surface area contributed by atoms with E-state index in [0.717, 1.165) is 43.4 Å². The predicted molar refractivity (Wildman–Crippen MR) is 104 cm³/mol. The largest absolute Gasteiger partial charge is 0.475 e. The number of Topliss-reactive ketones (excluding diaryl/α,β-unsaturated/α-hetero) is 1. The minimum absolute atomic E-state index is 0.275. The zero-order valence-corrected chi connectivity index (χ0v) is 15.0. The number of ketones is 1. The van der Waals surface area contributed by atoms with Crippen LogP contribution in [0.2, 0.25) is 0 Å². The van der Waals surface area contributed by atoms with Gasteiger partial charge in [-0.1, -0.05) is 48.5 Å². The van der Waals surface area contributed by atoms with Gasteiger partial charge in [-0.3, -0.25) is 9.69 Å². The van der Waals surface area contributed by atoms with E-state index in [1.165, 1.54) is 5.56 Å². The van der Waals surface area contributed by atoms with Gasteiger partial charge in [-0.05, 0) is 24.5 Å². The summed E-state index contributed by atoms with van der Waals surface area (Å²) in [7, 11) is 0. The molecule has 1 fully saturated rings. The van der Waals surface area contributed by atoms with E-state index in [0.29, 0.717) is 0 Å². The minimum atomic E-state index is -1.41. The van der Waals surface area contributed by atoms with Gasteiger partial charge in [0.25, 0.3) is 5.78 Å². The SMILES string of the molecule is O=C(O)C(=O)c1cn(C2CCN(Cc3ccccc3)CC2)c2ccccc12. The van der Waals surface area contributed by atoms with Crippen molar-refractivity contribution in [2.24, 2.45) is 0 Å². The summed E-state index contributed by atoms with van der Waals surface area (Å²) in [5, 5.41) is 9.84. The van der Waals surface area contributed by atoms with Crippen LogP contribution in [-0.4, -0.2) is 39.4 Å². The van der Waals surface area contributed by atoms with Crippen LogP contribution in [0, 0.1) is 0 Å². The van der Waals surface area contributed by atoms with Gasteiger partial charge in [-0.2, -0.15) is 0 Å². The van der Waals surface area contributed by atoms with Gasteiger partial charge >= 0.3 is 5.97 Å². The van der Waals surface area contributed by atoms with E-state index in [9.17, 15) is 9.59 Å². The summed E-state index contributed by atoms with van der Waals surface area (Å²) in [5.74, 6) is -2.25. The number of hydrogen-bond acceptors (Lipinski definition) is 3. The van der Waals surface area contributed by atoms with Crippen molar-refractivity contribution in [1.82, 2.24) is 9.47 Å². The Labute approximate surface area is 157 Å². The highest BCUT2D eigenvalue weighted by atomic mass is 16.4. The van der Waals surface area contributed by atoms with E-state index in [1.807, 2.05) is 30.3 Å². The van der Waals surface area contributed by atoms with Gasteiger partial charge in [-0.25, -0.2) is 4.79 Å². The number of piperidine rings is 1. The molecule has 1 saturated heterocycles. The smallest absolute Gasteiger partial charge is 0.377 e. The zero-order chi connectivity index (χ0) is 18.8. The summed E-state index contributed by atoms with van der Waals surface area (Å²) in [5.41, 5.74) is 2.53. The van der Waals surface area contributed by atoms with E-state index in [1.54, 1.807) is 6.20 Å². The lowest BCUT2D eigenvalue weighted by molar-refractivity contribution is -0.131. The van der Waals surface area contributed by atoms with Crippen LogP contribution in [0.25, 0.3) is 10.9 Å². The number of rotatable bonds is 5. The van der Waals surface area contributed by atoms with Crippen LogP contribution < -0.4 is 0 Å². The van der Waals surface area contributed by atoms with Crippen molar-refractivity contribution in [3.05, 3.63) is 71.9 Å². The first-order valence-corrected chi connectivity index (χ1v) is 9.27. The van der Waals surface area contributed by atoms with Gasteiger partial charge in [0.05, 0.1) is 5.56 Å². The van der Waals surface area contributed by atoms with Crippen LogP contribution in [0.4, 0.5) is 0 Å². The monoisotopic (exact) mass is 362 g/mol. The lowest BCUT2D eigenvalue weighted by Gasteiger charge is -2.33. The molecule has 4 rings (SSSR count). The van der Waals surface area contributed by atoms with Gasteiger partial charge in [0.15, 0.2) is 0 Å². The van der Waals surface area contributed by atoms with E-state index in [-0.39, 0.29) is 11.6 Å². The second kappa shape index (κ2) is 7.37. The van der Waals surface area contributed by atoms with Crippen molar-refractivity contribution in [3.63, 3.8) is 0 Å². The Balaban J connectivity index is 1.54. The molecule has 0 spiro atoms. The number of fused-ring (bicyclic) bond motifs is 1. The fourth-order valence-corrected chi connectivity index (χ4v) is 4.00. The number of carbonyl (C=O) groups excluding carboxylic acids is 1. The van der Waals surface area contributed by atoms with Crippen molar-refractivity contribution >= 4 is 22.7 Å². The van der Waals surface area contributed by atoms with E-state index >= 15 is 0 Å². The molecule has 1 aliphatic heterocycles. The number of carbonyl (C=O) groups is 2. The fraction of sp³-hybridized carbons (Fsp3) is 0.273. The summed E-state index contributed by atoms with van der Waals surface area (Å²) in [6.07, 6.45) is 3.69. The maximum atomic E-state index is 12.1. The topological polar surface area (TPSA) is 62.5 Å². The molecule has 5 nitrogen and oxygen atoms in total. The van der Waals surface area contributed by atoms with Gasteiger partial charge in [-0.15, -0.1) is 0 Å². The summed E-state index contributed by atoms with van der Waals surface area (Å²) >= 11 is 0. The minimum Gasteiger partial charge on any atom is -0.475 e. The molecule has 0 bridgehead atoms. The maximum Gasteiger partial charge on any atom is 0.377 e. The second-order valence-electron chi connectivity index (χ2n) is 7.09. The summed E-state index contributed by atoms with van der Waals surface area (Å²) < 4.78 is 2.10. The van der Waals surface area contributed by atoms with Crippen LogP contribution in [0.3, 0.4) is 0 Å². The molecule has 27 heavy (non-hydrogen) atoms. The average Bonchev–Trinajstić information content (AvgIpc) is 3.08. The molecule has 0 atom stereocenters. The Hall–Kier alpha value is -2.92. The van der Waals surface area contributed by atoms with Gasteiger partial charge in [0, 0.05) is 42.8 Å². The molecular formula is C22H22N2O3. The maximum absolute atomic E-state index is 12.1. The number of benzene rings is 2. The van der Waals surface area contributed by atoms with Gasteiger partial charge in [0.2, 0.25) is 0 Å². The summed E-state index contributed by atoms with van der Waals surface area (Å²) in [6.45, 7) is 2.91. The van der Waals surface area contributed by atoms with Crippen LogP contribution in [0.15, 0.2) is 60.8 Å². The molecular weight excluding hydrogens is 340 g/mol. The first kappa shape index (κ1) is 17.5. The summed E-state index contributed by atoms with van der Waals surface area (Å²) in [6, 6.07) is 18.3. The van der Waals surface area contributed by atoms with E-state index in [2.05, 4.69) is 33.7 Å². The third-order valence-corrected chi connectivity index (χ3v) is 5.38. The number of carboxylic acids is 1. The fourth-order valence-electron chi connectivity index (χ4n) is 4.00. The molecule has 1 aliphatic rings. The van der Waals surface area contributed by atoms with Crippen molar-refractivity contribution in [1.29, 1.82) is 0 Å². The molecule has 0 unspecified atom stereocenters. The number of para-hydroxylation sites is 1. The van der Waals surface area contributed by atoms with Crippen molar-refractivity contribution in [2.75, 3.05) is 13.1 Å². The normalized spacial score (nSPS) is 15.9. The Morgan fingerprint density at radius 1 is 0.963 bits per heavy atom. The van der Waals surface area contributed by atoms with E-state index in [4.69, 9.17) is 5.11 Å². The highest BCUT2D eigenvalue weighted by Crippen LogP contribution is 2.31. The molecule has 1 aromatic heterocycles. The second-order valence-corrected chi connectivity index (χ2v) is 7.09. The van der Waals surface area contributed by atoms with Crippen LogP contribution in [-0.2, 0) is 11.3 Å². The highest BCUT2D eigenvalue weighted by Gasteiger charge is 2.26. The first-order valence-electron chi connectivity index (χ1n) is 9.27. The number of aromatic nitrogens is 1. The number of aliphatic carboxylic acids is 1. The molecule has 0 aliphatic carbocycles. The number of likely N-dealkylation sites (tertiary alicyclic amines) is 1. The Morgan fingerprint density at radius 2 is 1.63 bits per heavy atom. The Morgan fingerprint density at radius 3 is 2.33 bits per heavy atom. The molecule has 0 radical (unpaired) electrons. The van der Waals surface area contributed by atoms with Gasteiger partial charge in [0.1, 0.15) is 0 Å². The lowest BCUT2D eigenvalue weighted by atomic mass is 10.0. The Kier molecular flexibility index (Phi) is 4.77. The first-order chi connectivity index (χ1) is 13.1. The molecule has 0 saturated carbocycles. The standard InChI is InChI=1S/C22H22N2O3/c25-21(22(26)27)19-15-24(20-9-5-4-8-18(19)20)17-10-12-23(13-11-17)14-16-6-2-1-3-7-16/h1-9,15,17H,10-14H2,(H,26,27). The quantitative estimate of drug-likeness (QED) is 0.555. The third-order valence-electron chi connectivity index (χ3n) is 5.38. The zero-order valence-electron chi connectivity index (χ0n) is 15.0. The molecule has 2 aromatic carbocycles. The van der Waals surface area contributed by atoms with Crippen LogP contribution in [0.5, 0.6) is 0 Å². The van der Waals surface area contributed by atoms with Crippen molar-refractivity contribution in [2.45, 2.75) is 25.4 Å². The predicted octanol–water partition coefficient (Wildman–Crippen LogP) is 3.75. The summed E-state index contributed by atoms with van der Waals surface area (Å²) in [4.78, 5) is 25.7. The molecule has 3 aromatic rings. The molecule has 2 heterocycles. The number of hydrogen-bond donors (Lipinski definition) is 1. The molecule has 138 valence electrons. The van der Waals surface area contributed by atoms with Crippen LogP contribution >= 0.6 is 0 Å². The van der Waals surface area contributed by atoms with Crippen molar-refractivity contribution < 1.29 is 14.7 Å². The average molecular weight is 362 g/mol. The third kappa shape index (κ3) is 3.51. The number of nitrogens with zero attached hydrogens (tertiary/aromatic N) is 2. The highest BCUT2D eigenvalue weighted by molar-refractivity contribution is 6.42. The van der Waals surface area contributed by atoms with E-state index < -0.39 is 11.8 Å². The Bertz CT molecular complexity index is 970. The van der Waals surface area contributed by atoms with Crippen molar-refractivity contribution in [3.8, 4) is 0 Å². The molecule has 5 heteroatoms. The lowest BCUT2D eigenvalue weighted by Crippen LogP contribution is -2.34. The van der Waals surface area contributed by atoms with Crippen LogP contribution in [0.1, 0.15) is 34.8 Å². The molecule has 1 N–H and O–H groups in total. The number of carboxylic acid groups (broad SMARTS) is 1. The van der Waals surface area contributed by atoms with Gasteiger partial charge < -0.3 is 9.67 Å². The molecule has 0 amide bonds.